The van der Waals surface area contributed by atoms with Gasteiger partial charge in [-0.2, -0.15) is 0 Å². The number of aliphatic hydroxyl groups is 1. The first-order chi connectivity index (χ1) is 11.5. The standard InChI is InChI=1S/C18H22BrN3O2/c1-11-6-16(18(24)21-9-13-8-20-10-17(13)23)12(2)22(11)15-5-3-4-14(19)7-15/h3-7,13,17,20,23H,8-10H2,1-2H3,(H,21,24). The molecule has 2 heterocycles. The summed E-state index contributed by atoms with van der Waals surface area (Å²) in [5, 5.41) is 15.9. The molecule has 0 spiro atoms. The molecule has 24 heavy (non-hydrogen) atoms. The number of nitrogens with zero attached hydrogens (tertiary/aromatic N) is 1. The van der Waals surface area contributed by atoms with Crippen molar-refractivity contribution in [1.82, 2.24) is 15.2 Å². The molecule has 0 radical (unpaired) electrons. The molecular formula is C18H22BrN3O2. The predicted octanol–water partition coefficient (Wildman–Crippen LogP) is 2.17. The van der Waals surface area contributed by atoms with Gasteiger partial charge < -0.3 is 20.3 Å². The fourth-order valence-corrected chi connectivity index (χ4v) is 3.64. The van der Waals surface area contributed by atoms with Crippen molar-refractivity contribution in [2.75, 3.05) is 19.6 Å². The van der Waals surface area contributed by atoms with E-state index < -0.39 is 0 Å². The van der Waals surface area contributed by atoms with Gasteiger partial charge in [-0.3, -0.25) is 4.79 Å². The number of benzene rings is 1. The lowest BCUT2D eigenvalue weighted by Gasteiger charge is -2.14. The molecule has 1 aromatic heterocycles. The highest BCUT2D eigenvalue weighted by molar-refractivity contribution is 9.10. The number of carbonyl (C=O) groups is 1. The lowest BCUT2D eigenvalue weighted by atomic mass is 10.1. The van der Waals surface area contributed by atoms with Gasteiger partial charge in [-0.15, -0.1) is 0 Å². The zero-order valence-electron chi connectivity index (χ0n) is 13.8. The summed E-state index contributed by atoms with van der Waals surface area (Å²) in [6.07, 6.45) is -0.389. The number of carbonyl (C=O) groups excluding carboxylic acids is 1. The van der Waals surface area contributed by atoms with E-state index in [9.17, 15) is 9.90 Å². The van der Waals surface area contributed by atoms with Crippen LogP contribution in [0.5, 0.6) is 0 Å². The second kappa shape index (κ2) is 7.09. The summed E-state index contributed by atoms with van der Waals surface area (Å²) in [7, 11) is 0. The molecule has 0 bridgehead atoms. The van der Waals surface area contributed by atoms with E-state index in [1.54, 1.807) is 0 Å². The maximum Gasteiger partial charge on any atom is 0.253 e. The van der Waals surface area contributed by atoms with Crippen LogP contribution < -0.4 is 10.6 Å². The van der Waals surface area contributed by atoms with Gasteiger partial charge in [-0.25, -0.2) is 0 Å². The van der Waals surface area contributed by atoms with Crippen molar-refractivity contribution in [3.8, 4) is 5.69 Å². The van der Waals surface area contributed by atoms with Crippen molar-refractivity contribution in [3.63, 3.8) is 0 Å². The smallest absolute Gasteiger partial charge is 0.253 e. The summed E-state index contributed by atoms with van der Waals surface area (Å²) in [6, 6.07) is 9.92. The van der Waals surface area contributed by atoms with Gasteiger partial charge in [0.2, 0.25) is 0 Å². The highest BCUT2D eigenvalue weighted by Gasteiger charge is 2.26. The Hall–Kier alpha value is -1.63. The number of aliphatic hydroxyl groups excluding tert-OH is 1. The number of hydrogen-bond donors (Lipinski definition) is 3. The molecule has 1 amide bonds. The molecule has 5 nitrogen and oxygen atoms in total. The monoisotopic (exact) mass is 391 g/mol. The fraction of sp³-hybridized carbons (Fsp3) is 0.389. The van der Waals surface area contributed by atoms with Crippen LogP contribution in [-0.2, 0) is 0 Å². The normalized spacial score (nSPS) is 20.3. The molecular weight excluding hydrogens is 370 g/mol. The van der Waals surface area contributed by atoms with Crippen molar-refractivity contribution in [1.29, 1.82) is 0 Å². The van der Waals surface area contributed by atoms with E-state index in [2.05, 4.69) is 31.1 Å². The van der Waals surface area contributed by atoms with Crippen molar-refractivity contribution >= 4 is 21.8 Å². The van der Waals surface area contributed by atoms with Crippen LogP contribution in [-0.4, -0.2) is 41.3 Å². The van der Waals surface area contributed by atoms with Gasteiger partial charge in [-0.05, 0) is 38.1 Å². The van der Waals surface area contributed by atoms with Crippen LogP contribution in [0.15, 0.2) is 34.8 Å². The van der Waals surface area contributed by atoms with Gasteiger partial charge in [0.15, 0.2) is 0 Å². The Balaban J connectivity index is 1.79. The van der Waals surface area contributed by atoms with Crippen LogP contribution in [0.25, 0.3) is 5.69 Å². The molecule has 128 valence electrons. The Morgan fingerprint density at radius 3 is 2.83 bits per heavy atom. The topological polar surface area (TPSA) is 66.3 Å². The predicted molar refractivity (Wildman–Crippen MR) is 97.6 cm³/mol. The number of β-amino-alcohol motifs (C(OH)–C–C–N with tert-alkyl or cyclic N) is 1. The Morgan fingerprint density at radius 2 is 2.17 bits per heavy atom. The largest absolute Gasteiger partial charge is 0.391 e. The van der Waals surface area contributed by atoms with Gasteiger partial charge in [0.25, 0.3) is 5.91 Å². The number of halogens is 1. The molecule has 1 aliphatic rings. The highest BCUT2D eigenvalue weighted by Crippen LogP contribution is 2.23. The summed E-state index contributed by atoms with van der Waals surface area (Å²) in [4.78, 5) is 12.6. The van der Waals surface area contributed by atoms with Crippen LogP contribution in [0.4, 0.5) is 0 Å². The number of nitrogens with one attached hydrogen (secondary N) is 2. The van der Waals surface area contributed by atoms with Crippen LogP contribution in [0, 0.1) is 19.8 Å². The summed E-state index contributed by atoms with van der Waals surface area (Å²) in [5.41, 5.74) is 3.62. The van der Waals surface area contributed by atoms with Crippen molar-refractivity contribution < 1.29 is 9.90 Å². The van der Waals surface area contributed by atoms with Crippen LogP contribution in [0.2, 0.25) is 0 Å². The van der Waals surface area contributed by atoms with Gasteiger partial charge in [0.1, 0.15) is 0 Å². The van der Waals surface area contributed by atoms with Crippen molar-refractivity contribution in [3.05, 3.63) is 51.8 Å². The number of rotatable bonds is 4. The van der Waals surface area contributed by atoms with E-state index >= 15 is 0 Å². The molecule has 3 N–H and O–H groups in total. The molecule has 0 saturated carbocycles. The lowest BCUT2D eigenvalue weighted by Crippen LogP contribution is -2.34. The number of amides is 1. The van der Waals surface area contributed by atoms with E-state index in [0.717, 1.165) is 28.1 Å². The maximum atomic E-state index is 12.6. The summed E-state index contributed by atoms with van der Waals surface area (Å²) in [5.74, 6) is -0.0223. The van der Waals surface area contributed by atoms with Gasteiger partial charge in [0.05, 0.1) is 11.7 Å². The highest BCUT2D eigenvalue weighted by atomic mass is 79.9. The molecule has 2 aromatic rings. The molecule has 2 atom stereocenters. The Kier molecular flexibility index (Phi) is 5.08. The fourth-order valence-electron chi connectivity index (χ4n) is 3.25. The second-order valence-electron chi connectivity index (χ2n) is 6.30. The van der Waals surface area contributed by atoms with Gasteiger partial charge in [0, 0.05) is 47.1 Å². The van der Waals surface area contributed by atoms with Crippen molar-refractivity contribution in [2.24, 2.45) is 5.92 Å². The summed E-state index contributed by atoms with van der Waals surface area (Å²) < 4.78 is 3.08. The average Bonchev–Trinajstić information content (AvgIpc) is 3.08. The van der Waals surface area contributed by atoms with Crippen molar-refractivity contribution in [2.45, 2.75) is 20.0 Å². The maximum absolute atomic E-state index is 12.6. The molecule has 6 heteroatoms. The Bertz CT molecular complexity index is 757. The Morgan fingerprint density at radius 1 is 1.38 bits per heavy atom. The minimum atomic E-state index is -0.389. The van der Waals surface area contributed by atoms with E-state index in [4.69, 9.17) is 0 Å². The number of aryl methyl sites for hydroxylation is 1. The number of aromatic nitrogens is 1. The second-order valence-corrected chi connectivity index (χ2v) is 7.21. The Labute approximate surface area is 150 Å². The minimum absolute atomic E-state index is 0.0718. The van der Waals surface area contributed by atoms with Crippen LogP contribution in [0.3, 0.4) is 0 Å². The summed E-state index contributed by atoms with van der Waals surface area (Å²) in [6.45, 7) is 5.76. The third kappa shape index (κ3) is 3.41. The van der Waals surface area contributed by atoms with Gasteiger partial charge in [-0.1, -0.05) is 22.0 Å². The van der Waals surface area contributed by atoms with Crippen LogP contribution in [0.1, 0.15) is 21.7 Å². The third-order valence-electron chi connectivity index (χ3n) is 4.57. The van der Waals surface area contributed by atoms with E-state index in [1.165, 1.54) is 0 Å². The average molecular weight is 392 g/mol. The zero-order chi connectivity index (χ0) is 17.3. The molecule has 1 saturated heterocycles. The number of hydrogen-bond acceptors (Lipinski definition) is 3. The van der Waals surface area contributed by atoms with Crippen LogP contribution >= 0.6 is 15.9 Å². The lowest BCUT2D eigenvalue weighted by molar-refractivity contribution is 0.0926. The third-order valence-corrected chi connectivity index (χ3v) is 5.06. The molecule has 0 aliphatic carbocycles. The summed E-state index contributed by atoms with van der Waals surface area (Å²) >= 11 is 3.49. The first-order valence-electron chi connectivity index (χ1n) is 8.09. The zero-order valence-corrected chi connectivity index (χ0v) is 15.4. The van der Waals surface area contributed by atoms with E-state index in [0.29, 0.717) is 18.7 Å². The van der Waals surface area contributed by atoms with E-state index in [-0.39, 0.29) is 17.9 Å². The first kappa shape index (κ1) is 17.2. The molecule has 1 aromatic carbocycles. The quantitative estimate of drug-likeness (QED) is 0.747. The molecule has 1 aliphatic heterocycles. The molecule has 3 rings (SSSR count). The molecule has 2 unspecified atom stereocenters. The first-order valence-corrected chi connectivity index (χ1v) is 8.88. The SMILES string of the molecule is Cc1cc(C(=O)NCC2CNCC2O)c(C)n1-c1cccc(Br)c1. The molecule has 1 fully saturated rings. The minimum Gasteiger partial charge on any atom is -0.391 e. The van der Waals surface area contributed by atoms with Gasteiger partial charge >= 0.3 is 0 Å². The van der Waals surface area contributed by atoms with E-state index in [1.807, 2.05) is 44.2 Å².